The summed E-state index contributed by atoms with van der Waals surface area (Å²) in [6.45, 7) is 2.08. The molecule has 0 atom stereocenters. The number of aliphatic hydroxyl groups is 1. The van der Waals surface area contributed by atoms with E-state index >= 15 is 0 Å². The van der Waals surface area contributed by atoms with Gasteiger partial charge in [-0.3, -0.25) is 0 Å². The van der Waals surface area contributed by atoms with Crippen molar-refractivity contribution in [2.75, 3.05) is 7.11 Å². The van der Waals surface area contributed by atoms with Crippen LogP contribution in [0.3, 0.4) is 0 Å². The minimum Gasteiger partial charge on any atom is -0.400 e. The van der Waals surface area contributed by atoms with Gasteiger partial charge in [0.15, 0.2) is 0 Å². The van der Waals surface area contributed by atoms with Crippen LogP contribution in [-0.2, 0) is 0 Å². The largest absolute Gasteiger partial charge is 0.400 e. The van der Waals surface area contributed by atoms with Crippen molar-refractivity contribution in [3.63, 3.8) is 0 Å². The third-order valence-electron chi connectivity index (χ3n) is 0.940. The van der Waals surface area contributed by atoms with Crippen LogP contribution in [0, 0.1) is 6.92 Å². The molecular weight excluding hydrogens is 148 g/mol. The van der Waals surface area contributed by atoms with Gasteiger partial charge in [-0.25, -0.2) is 0 Å². The monoisotopic (exact) mass is 160 g/mol. The van der Waals surface area contributed by atoms with Crippen molar-refractivity contribution in [3.05, 3.63) is 35.9 Å². The second kappa shape index (κ2) is 8.47. The summed E-state index contributed by atoms with van der Waals surface area (Å²) in [6.07, 6.45) is 0. The molecule has 0 aliphatic rings. The molecule has 1 aromatic rings. The molecular formula is C8H13ClO. The Hall–Kier alpha value is -0.530. The first-order chi connectivity index (χ1) is 4.39. The van der Waals surface area contributed by atoms with Crippen LogP contribution in [-0.4, -0.2) is 12.2 Å². The Balaban J connectivity index is 0. The molecule has 1 N–H and O–H groups in total. The van der Waals surface area contributed by atoms with Crippen molar-refractivity contribution >= 4 is 12.4 Å². The van der Waals surface area contributed by atoms with Crippen LogP contribution in [0.15, 0.2) is 30.3 Å². The summed E-state index contributed by atoms with van der Waals surface area (Å²) in [5.41, 5.74) is 1.32. The lowest BCUT2D eigenvalue weighted by molar-refractivity contribution is 0.399. The molecule has 1 rings (SSSR count). The summed E-state index contributed by atoms with van der Waals surface area (Å²) < 4.78 is 0. The smallest absolute Gasteiger partial charge is 0.0319 e. The normalized spacial score (nSPS) is 6.70. The van der Waals surface area contributed by atoms with E-state index in [1.165, 1.54) is 5.56 Å². The Kier molecular flexibility index (Phi) is 10.3. The molecule has 0 unspecified atom stereocenters. The van der Waals surface area contributed by atoms with Crippen LogP contribution in [0.1, 0.15) is 5.56 Å². The van der Waals surface area contributed by atoms with Gasteiger partial charge in [0.05, 0.1) is 0 Å². The summed E-state index contributed by atoms with van der Waals surface area (Å²) in [5, 5.41) is 7.00. The summed E-state index contributed by atoms with van der Waals surface area (Å²) in [7, 11) is 1.00. The first-order valence-electron chi connectivity index (χ1n) is 2.86. The highest BCUT2D eigenvalue weighted by Gasteiger charge is 1.72. The number of halogens is 1. The quantitative estimate of drug-likeness (QED) is 0.616. The molecule has 0 aliphatic heterocycles. The molecule has 2 heteroatoms. The molecule has 0 fully saturated rings. The van der Waals surface area contributed by atoms with Gasteiger partial charge in [-0.1, -0.05) is 35.9 Å². The van der Waals surface area contributed by atoms with Crippen LogP contribution in [0.4, 0.5) is 0 Å². The highest BCUT2D eigenvalue weighted by molar-refractivity contribution is 5.85. The highest BCUT2D eigenvalue weighted by Crippen LogP contribution is 1.92. The number of hydrogen-bond donors (Lipinski definition) is 1. The van der Waals surface area contributed by atoms with Gasteiger partial charge in [0.25, 0.3) is 0 Å². The summed E-state index contributed by atoms with van der Waals surface area (Å²) >= 11 is 0. The van der Waals surface area contributed by atoms with E-state index in [-0.39, 0.29) is 12.4 Å². The first kappa shape index (κ1) is 12.2. The van der Waals surface area contributed by atoms with Gasteiger partial charge in [0.1, 0.15) is 0 Å². The molecule has 0 aliphatic carbocycles. The first-order valence-corrected chi connectivity index (χ1v) is 2.86. The lowest BCUT2D eigenvalue weighted by atomic mass is 10.2. The van der Waals surface area contributed by atoms with Crippen molar-refractivity contribution in [1.82, 2.24) is 0 Å². The molecule has 0 amide bonds. The van der Waals surface area contributed by atoms with E-state index in [0.717, 1.165) is 7.11 Å². The molecule has 0 saturated carbocycles. The van der Waals surface area contributed by atoms with Crippen LogP contribution in [0.2, 0.25) is 0 Å². The lowest BCUT2D eigenvalue weighted by Crippen LogP contribution is -1.62. The second-order valence-corrected chi connectivity index (χ2v) is 1.65. The van der Waals surface area contributed by atoms with Crippen LogP contribution < -0.4 is 0 Å². The third-order valence-corrected chi connectivity index (χ3v) is 0.940. The maximum atomic E-state index is 7.00. The zero-order chi connectivity index (χ0) is 7.11. The van der Waals surface area contributed by atoms with Gasteiger partial charge >= 0.3 is 0 Å². The number of benzene rings is 1. The van der Waals surface area contributed by atoms with Crippen molar-refractivity contribution in [1.29, 1.82) is 0 Å². The number of aryl methyl sites for hydroxylation is 1. The van der Waals surface area contributed by atoms with E-state index in [9.17, 15) is 0 Å². The van der Waals surface area contributed by atoms with Gasteiger partial charge in [-0.2, -0.15) is 0 Å². The summed E-state index contributed by atoms with van der Waals surface area (Å²) in [6, 6.07) is 10.3. The summed E-state index contributed by atoms with van der Waals surface area (Å²) in [4.78, 5) is 0. The average molecular weight is 161 g/mol. The molecule has 0 spiro atoms. The van der Waals surface area contributed by atoms with E-state index in [2.05, 4.69) is 19.1 Å². The van der Waals surface area contributed by atoms with Crippen LogP contribution in [0.25, 0.3) is 0 Å². The fourth-order valence-corrected chi connectivity index (χ4v) is 0.534. The number of hydrogen-bond acceptors (Lipinski definition) is 1. The molecule has 0 aromatic heterocycles. The van der Waals surface area contributed by atoms with Crippen molar-refractivity contribution < 1.29 is 5.11 Å². The fraction of sp³-hybridized carbons (Fsp3) is 0.250. The highest BCUT2D eigenvalue weighted by atomic mass is 35.5. The van der Waals surface area contributed by atoms with E-state index in [4.69, 9.17) is 5.11 Å². The Morgan fingerprint density at radius 2 is 1.40 bits per heavy atom. The predicted octanol–water partition coefficient (Wildman–Crippen LogP) is 2.03. The standard InChI is InChI=1S/C7H8.CH4O.ClH/c1-7-5-3-2-4-6-7;1-2;/h2-6H,1H3;2H,1H3;1H. The van der Waals surface area contributed by atoms with Crippen LogP contribution >= 0.6 is 12.4 Å². The molecule has 0 radical (unpaired) electrons. The minimum atomic E-state index is 0. The summed E-state index contributed by atoms with van der Waals surface area (Å²) in [5.74, 6) is 0. The molecule has 1 aromatic carbocycles. The van der Waals surface area contributed by atoms with Crippen LogP contribution in [0.5, 0.6) is 0 Å². The van der Waals surface area contributed by atoms with E-state index in [0.29, 0.717) is 0 Å². The maximum Gasteiger partial charge on any atom is 0.0319 e. The predicted molar refractivity (Wildman–Crippen MR) is 46.6 cm³/mol. The Morgan fingerprint density at radius 3 is 1.60 bits per heavy atom. The van der Waals surface area contributed by atoms with Crippen molar-refractivity contribution in [3.8, 4) is 0 Å². The van der Waals surface area contributed by atoms with Crippen molar-refractivity contribution in [2.45, 2.75) is 6.92 Å². The van der Waals surface area contributed by atoms with E-state index < -0.39 is 0 Å². The number of rotatable bonds is 0. The Bertz CT molecular complexity index is 139. The topological polar surface area (TPSA) is 20.2 Å². The molecule has 10 heavy (non-hydrogen) atoms. The van der Waals surface area contributed by atoms with Gasteiger partial charge in [-0.15, -0.1) is 12.4 Å². The minimum absolute atomic E-state index is 0. The average Bonchev–Trinajstić information content (AvgIpc) is 1.94. The Morgan fingerprint density at radius 1 is 1.00 bits per heavy atom. The van der Waals surface area contributed by atoms with Gasteiger partial charge < -0.3 is 5.11 Å². The fourth-order valence-electron chi connectivity index (χ4n) is 0.534. The number of aliphatic hydroxyl groups excluding tert-OH is 1. The van der Waals surface area contributed by atoms with E-state index in [1.54, 1.807) is 0 Å². The Labute approximate surface area is 68.1 Å². The molecule has 58 valence electrons. The molecule has 0 bridgehead atoms. The van der Waals surface area contributed by atoms with Crippen molar-refractivity contribution in [2.24, 2.45) is 0 Å². The van der Waals surface area contributed by atoms with E-state index in [1.807, 2.05) is 18.2 Å². The second-order valence-electron chi connectivity index (χ2n) is 1.65. The zero-order valence-electron chi connectivity index (χ0n) is 6.24. The van der Waals surface area contributed by atoms with Gasteiger partial charge in [0.2, 0.25) is 0 Å². The lowest BCUT2D eigenvalue weighted by Gasteiger charge is -1.82. The SMILES string of the molecule is CO.Cc1ccccc1.Cl. The molecule has 0 heterocycles. The van der Waals surface area contributed by atoms with Gasteiger partial charge in [0, 0.05) is 7.11 Å². The molecule has 1 nitrogen and oxygen atoms in total. The third kappa shape index (κ3) is 5.60. The van der Waals surface area contributed by atoms with Gasteiger partial charge in [-0.05, 0) is 6.92 Å². The zero-order valence-corrected chi connectivity index (χ0v) is 7.06. The maximum absolute atomic E-state index is 7.00. The molecule has 0 saturated heterocycles.